The SMILES string of the molecule is CCCCn1c([S][Sn]([CH2]CCC)([CH2]CCC)[CH2]CCC)nc2cc(C(F)(F)F)ccc2c1=O. The van der Waals surface area contributed by atoms with Crippen LogP contribution in [0.25, 0.3) is 10.9 Å². The van der Waals surface area contributed by atoms with E-state index in [1.165, 1.54) is 38.6 Å². The molecular weight excluding hydrogens is 552 g/mol. The molecule has 33 heavy (non-hydrogen) atoms. The quantitative estimate of drug-likeness (QED) is 0.163. The Labute approximate surface area is 203 Å². The van der Waals surface area contributed by atoms with Crippen molar-refractivity contribution in [3.8, 4) is 0 Å². The van der Waals surface area contributed by atoms with E-state index in [-0.39, 0.29) is 16.5 Å². The Bertz CT molecular complexity index is 924. The molecule has 2 rings (SSSR count). The molecule has 1 heterocycles. The fraction of sp³-hybridized carbons (Fsp3) is 0.680. The first-order valence-corrected chi connectivity index (χ1v) is 22.9. The fourth-order valence-electron chi connectivity index (χ4n) is 4.19. The van der Waals surface area contributed by atoms with Crippen LogP contribution in [-0.2, 0) is 12.7 Å². The molecule has 1 aromatic heterocycles. The molecule has 0 saturated carbocycles. The van der Waals surface area contributed by atoms with Gasteiger partial charge >= 0.3 is 204 Å². The molecule has 186 valence electrons. The van der Waals surface area contributed by atoms with Crippen LogP contribution < -0.4 is 5.56 Å². The predicted octanol–water partition coefficient (Wildman–Crippen LogP) is 8.65. The van der Waals surface area contributed by atoms with Crippen LogP contribution in [0.2, 0.25) is 13.3 Å². The topological polar surface area (TPSA) is 34.9 Å². The third-order valence-corrected chi connectivity index (χ3v) is 27.4. The number of hydrogen-bond acceptors (Lipinski definition) is 3. The molecule has 3 nitrogen and oxygen atoms in total. The van der Waals surface area contributed by atoms with Crippen molar-refractivity contribution in [3.05, 3.63) is 34.1 Å². The fourth-order valence-corrected chi connectivity index (χ4v) is 26.2. The number of aromatic nitrogens is 2. The molecule has 0 unspecified atom stereocenters. The second kappa shape index (κ2) is 13.4. The third-order valence-electron chi connectivity index (χ3n) is 6.25. The summed E-state index contributed by atoms with van der Waals surface area (Å²) in [5.74, 6) is 0. The zero-order valence-electron chi connectivity index (χ0n) is 20.6. The predicted molar refractivity (Wildman–Crippen MR) is 137 cm³/mol. The van der Waals surface area contributed by atoms with E-state index in [1.807, 2.05) is 8.95 Å². The van der Waals surface area contributed by atoms with Crippen LogP contribution in [0.15, 0.2) is 28.2 Å². The van der Waals surface area contributed by atoms with Gasteiger partial charge in [0.25, 0.3) is 0 Å². The molecule has 0 aliphatic rings. The molecule has 8 heteroatoms. The van der Waals surface area contributed by atoms with E-state index < -0.39 is 28.7 Å². The van der Waals surface area contributed by atoms with Crippen molar-refractivity contribution in [3.63, 3.8) is 0 Å². The van der Waals surface area contributed by atoms with Crippen molar-refractivity contribution < 1.29 is 13.2 Å². The van der Waals surface area contributed by atoms with Gasteiger partial charge in [0.05, 0.1) is 0 Å². The minimum atomic E-state index is -4.45. The van der Waals surface area contributed by atoms with Gasteiger partial charge in [0.15, 0.2) is 0 Å². The maximum atomic E-state index is 13.4. The second-order valence-corrected chi connectivity index (χ2v) is 28.2. The number of nitrogens with zero attached hydrogens (tertiary/aromatic N) is 2. The molecule has 0 radical (unpaired) electrons. The number of benzene rings is 1. The molecule has 0 fully saturated rings. The number of hydrogen-bond donors (Lipinski definition) is 0. The van der Waals surface area contributed by atoms with E-state index in [0.29, 0.717) is 11.7 Å². The van der Waals surface area contributed by atoms with Crippen LogP contribution in [0.3, 0.4) is 0 Å². The Balaban J connectivity index is 2.65. The number of halogens is 3. The van der Waals surface area contributed by atoms with Crippen molar-refractivity contribution >= 4 is 36.8 Å². The Morgan fingerprint density at radius 2 is 1.45 bits per heavy atom. The van der Waals surface area contributed by atoms with Crippen molar-refractivity contribution in [2.45, 2.75) is 110 Å². The van der Waals surface area contributed by atoms with Gasteiger partial charge < -0.3 is 0 Å². The first kappa shape index (κ1) is 28.5. The first-order valence-electron chi connectivity index (χ1n) is 12.5. The van der Waals surface area contributed by atoms with E-state index in [0.717, 1.165) is 44.2 Å². The monoisotopic (exact) mass is 592 g/mol. The molecule has 1 aromatic carbocycles. The van der Waals surface area contributed by atoms with Crippen LogP contribution >= 0.6 is 8.95 Å². The van der Waals surface area contributed by atoms with Gasteiger partial charge in [-0.05, 0) is 0 Å². The molecule has 0 aliphatic carbocycles. The summed E-state index contributed by atoms with van der Waals surface area (Å²) in [4.78, 5) is 18.1. The van der Waals surface area contributed by atoms with Crippen molar-refractivity contribution in [2.24, 2.45) is 0 Å². The Kier molecular flexibility index (Phi) is 11.6. The molecule has 0 saturated heterocycles. The molecule has 2 aromatic rings. The van der Waals surface area contributed by atoms with E-state index in [2.05, 4.69) is 27.7 Å². The summed E-state index contributed by atoms with van der Waals surface area (Å²) in [6, 6.07) is 3.34. The number of rotatable bonds is 14. The molecule has 0 atom stereocenters. The molecule has 0 spiro atoms. The van der Waals surface area contributed by atoms with Crippen molar-refractivity contribution in [1.29, 1.82) is 0 Å². The maximum absolute atomic E-state index is 13.4. The van der Waals surface area contributed by atoms with Crippen LogP contribution in [-0.4, -0.2) is 26.5 Å². The summed E-state index contributed by atoms with van der Waals surface area (Å²) in [6.45, 7) is 9.29. The van der Waals surface area contributed by atoms with Crippen LogP contribution in [0.4, 0.5) is 13.2 Å². The third kappa shape index (κ3) is 7.91. The summed E-state index contributed by atoms with van der Waals surface area (Å²) in [5, 5.41) is 0.944. The van der Waals surface area contributed by atoms with Crippen LogP contribution in [0, 0.1) is 0 Å². The van der Waals surface area contributed by atoms with Crippen LogP contribution in [0.1, 0.15) is 84.6 Å². The van der Waals surface area contributed by atoms with E-state index in [9.17, 15) is 18.0 Å². The van der Waals surface area contributed by atoms with E-state index in [4.69, 9.17) is 4.98 Å². The molecule has 0 amide bonds. The normalized spacial score (nSPS) is 12.6. The van der Waals surface area contributed by atoms with E-state index in [1.54, 1.807) is 4.57 Å². The van der Waals surface area contributed by atoms with Crippen LogP contribution in [0.5, 0.6) is 0 Å². The Hall–Kier alpha value is -0.701. The first-order chi connectivity index (χ1) is 15.7. The molecular formula is C25H39F3N2OSSn. The zero-order valence-corrected chi connectivity index (χ0v) is 24.2. The number of unbranched alkanes of at least 4 members (excludes halogenated alkanes) is 4. The van der Waals surface area contributed by atoms with Gasteiger partial charge in [0, 0.05) is 0 Å². The van der Waals surface area contributed by atoms with Gasteiger partial charge in [-0.15, -0.1) is 0 Å². The standard InChI is InChI=1S/C13H13F3N2OS.3C4H9.Sn/c1-2-3-6-18-11(19)9-5-4-8(13(14,15)16)7-10(9)17-12(18)20;3*1-3-4-2;/h4-5,7H,2-3,6H2,1H3,(H,17,20);3*1,3-4H2,2H3;/q;;;;+1/p-1. The average molecular weight is 591 g/mol. The van der Waals surface area contributed by atoms with Gasteiger partial charge in [0.2, 0.25) is 0 Å². The number of fused-ring (bicyclic) bond motifs is 1. The second-order valence-electron chi connectivity index (χ2n) is 9.03. The average Bonchev–Trinajstić information content (AvgIpc) is 2.78. The molecule has 0 N–H and O–H groups in total. The summed E-state index contributed by atoms with van der Waals surface area (Å²) < 4.78 is 45.5. The Morgan fingerprint density at radius 1 is 0.909 bits per heavy atom. The molecule has 0 bridgehead atoms. The summed E-state index contributed by atoms with van der Waals surface area (Å²) in [5.41, 5.74) is -0.778. The van der Waals surface area contributed by atoms with E-state index >= 15 is 0 Å². The zero-order chi connectivity index (χ0) is 24.5. The van der Waals surface area contributed by atoms with Gasteiger partial charge in [0.1, 0.15) is 0 Å². The van der Waals surface area contributed by atoms with Gasteiger partial charge in [-0.25, -0.2) is 0 Å². The summed E-state index contributed by atoms with van der Waals surface area (Å²) in [7, 11) is 1.86. The Morgan fingerprint density at radius 3 is 1.94 bits per heavy atom. The number of alkyl halides is 3. The van der Waals surface area contributed by atoms with Gasteiger partial charge in [-0.2, -0.15) is 0 Å². The van der Waals surface area contributed by atoms with Crippen molar-refractivity contribution in [2.75, 3.05) is 0 Å². The minimum absolute atomic E-state index is 0.173. The van der Waals surface area contributed by atoms with Crippen molar-refractivity contribution in [1.82, 2.24) is 9.55 Å². The summed E-state index contributed by atoms with van der Waals surface area (Å²) >= 11 is -2.78. The summed E-state index contributed by atoms with van der Waals surface area (Å²) in [6.07, 6.45) is 4.30. The van der Waals surface area contributed by atoms with Gasteiger partial charge in [-0.3, -0.25) is 0 Å². The molecule has 0 aliphatic heterocycles. The van der Waals surface area contributed by atoms with Gasteiger partial charge in [-0.1, -0.05) is 0 Å².